The lowest BCUT2D eigenvalue weighted by Gasteiger charge is -2.22. The summed E-state index contributed by atoms with van der Waals surface area (Å²) >= 11 is 6.15. The first-order valence-corrected chi connectivity index (χ1v) is 7.37. The van der Waals surface area contributed by atoms with Crippen LogP contribution in [0.3, 0.4) is 0 Å². The lowest BCUT2D eigenvalue weighted by atomic mass is 10.2. The Balaban J connectivity index is 2.47. The maximum Gasteiger partial charge on any atom is 0.239 e. The molecule has 0 aliphatic heterocycles. The summed E-state index contributed by atoms with van der Waals surface area (Å²) in [6, 6.07) is 7.64. The average Bonchev–Trinajstić information content (AvgIpc) is 2.50. The highest BCUT2D eigenvalue weighted by Gasteiger charge is 2.10. The summed E-state index contributed by atoms with van der Waals surface area (Å²) in [6.45, 7) is 1.74. The van der Waals surface area contributed by atoms with Gasteiger partial charge in [0.25, 0.3) is 0 Å². The summed E-state index contributed by atoms with van der Waals surface area (Å²) in [5.74, 6) is 0.520. The van der Waals surface area contributed by atoms with Crippen LogP contribution in [0.25, 0.3) is 0 Å². The number of hydrogen-bond donors (Lipinski definition) is 2. The van der Waals surface area contributed by atoms with Crippen LogP contribution in [0, 0.1) is 0 Å². The minimum atomic E-state index is -0.107. The number of amides is 1. The van der Waals surface area contributed by atoms with Crippen LogP contribution in [0.15, 0.2) is 29.3 Å². The highest BCUT2D eigenvalue weighted by atomic mass is 35.5. The second kappa shape index (κ2) is 10.0. The molecule has 0 fully saturated rings. The Hall–Kier alpha value is -1.79. The van der Waals surface area contributed by atoms with Gasteiger partial charge in [0.05, 0.1) is 13.2 Å². The first-order valence-electron chi connectivity index (χ1n) is 6.99. The van der Waals surface area contributed by atoms with Crippen LogP contribution < -0.4 is 10.6 Å². The molecule has 0 atom stereocenters. The number of ether oxygens (including phenoxy) is 1. The zero-order valence-electron chi connectivity index (χ0n) is 13.2. The van der Waals surface area contributed by atoms with Crippen LogP contribution in [0.2, 0.25) is 5.02 Å². The van der Waals surface area contributed by atoms with E-state index in [1.165, 1.54) is 0 Å². The van der Waals surface area contributed by atoms with Crippen molar-refractivity contribution in [1.29, 1.82) is 0 Å². The SMILES string of the molecule is CN=C(NCC(=O)NCCOC)N(C)Cc1ccccc1Cl. The predicted molar refractivity (Wildman–Crippen MR) is 89.2 cm³/mol. The van der Waals surface area contributed by atoms with Gasteiger partial charge in [-0.3, -0.25) is 9.79 Å². The van der Waals surface area contributed by atoms with Crippen molar-refractivity contribution >= 4 is 23.5 Å². The molecule has 1 aromatic rings. The summed E-state index contributed by atoms with van der Waals surface area (Å²) in [4.78, 5) is 17.7. The largest absolute Gasteiger partial charge is 0.383 e. The number of benzene rings is 1. The van der Waals surface area contributed by atoms with Crippen molar-refractivity contribution < 1.29 is 9.53 Å². The minimum absolute atomic E-state index is 0.107. The molecule has 122 valence electrons. The van der Waals surface area contributed by atoms with Gasteiger partial charge in [-0.1, -0.05) is 29.8 Å². The Morgan fingerprint density at radius 2 is 2.09 bits per heavy atom. The van der Waals surface area contributed by atoms with Crippen molar-refractivity contribution in [3.63, 3.8) is 0 Å². The van der Waals surface area contributed by atoms with Gasteiger partial charge in [0.1, 0.15) is 0 Å². The highest BCUT2D eigenvalue weighted by molar-refractivity contribution is 6.31. The van der Waals surface area contributed by atoms with E-state index in [-0.39, 0.29) is 12.5 Å². The maximum atomic E-state index is 11.6. The fraction of sp³-hybridized carbons (Fsp3) is 0.467. The molecule has 2 N–H and O–H groups in total. The number of halogens is 1. The summed E-state index contributed by atoms with van der Waals surface area (Å²) in [5, 5.41) is 6.47. The Labute approximate surface area is 136 Å². The van der Waals surface area contributed by atoms with E-state index in [9.17, 15) is 4.79 Å². The van der Waals surface area contributed by atoms with E-state index in [1.54, 1.807) is 14.2 Å². The first-order chi connectivity index (χ1) is 10.6. The molecule has 0 spiro atoms. The van der Waals surface area contributed by atoms with Crippen molar-refractivity contribution in [3.8, 4) is 0 Å². The van der Waals surface area contributed by atoms with Gasteiger partial charge in [-0.2, -0.15) is 0 Å². The van der Waals surface area contributed by atoms with E-state index in [0.29, 0.717) is 30.7 Å². The molecule has 0 saturated heterocycles. The van der Waals surface area contributed by atoms with Crippen molar-refractivity contribution in [2.45, 2.75) is 6.54 Å². The van der Waals surface area contributed by atoms with Crippen molar-refractivity contribution in [1.82, 2.24) is 15.5 Å². The van der Waals surface area contributed by atoms with E-state index in [1.807, 2.05) is 36.2 Å². The Bertz CT molecular complexity index is 508. The second-order valence-corrected chi connectivity index (χ2v) is 5.10. The highest BCUT2D eigenvalue weighted by Crippen LogP contribution is 2.16. The van der Waals surface area contributed by atoms with Crippen LogP contribution in [0.4, 0.5) is 0 Å². The first kappa shape index (κ1) is 18.3. The number of carbonyl (C=O) groups is 1. The number of aliphatic imine (C=N–C) groups is 1. The van der Waals surface area contributed by atoms with Crippen LogP contribution in [-0.2, 0) is 16.1 Å². The van der Waals surface area contributed by atoms with Gasteiger partial charge in [-0.15, -0.1) is 0 Å². The lowest BCUT2D eigenvalue weighted by Crippen LogP contribution is -2.44. The molecule has 22 heavy (non-hydrogen) atoms. The molecule has 1 rings (SSSR count). The van der Waals surface area contributed by atoms with Crippen molar-refractivity contribution in [3.05, 3.63) is 34.9 Å². The molecule has 0 bridgehead atoms. The molecule has 6 nitrogen and oxygen atoms in total. The van der Waals surface area contributed by atoms with E-state index in [2.05, 4.69) is 15.6 Å². The molecule has 0 aliphatic carbocycles. The number of nitrogens with one attached hydrogen (secondary N) is 2. The van der Waals surface area contributed by atoms with Crippen LogP contribution in [0.1, 0.15) is 5.56 Å². The Kier molecular flexibility index (Phi) is 8.32. The van der Waals surface area contributed by atoms with Gasteiger partial charge in [0.2, 0.25) is 5.91 Å². The zero-order valence-corrected chi connectivity index (χ0v) is 14.0. The molecule has 0 aromatic heterocycles. The Morgan fingerprint density at radius 1 is 1.36 bits per heavy atom. The lowest BCUT2D eigenvalue weighted by molar-refractivity contribution is -0.120. The molecule has 1 aromatic carbocycles. The quantitative estimate of drug-likeness (QED) is 0.447. The summed E-state index contributed by atoms with van der Waals surface area (Å²) < 4.78 is 4.88. The summed E-state index contributed by atoms with van der Waals surface area (Å²) in [6.07, 6.45) is 0. The smallest absolute Gasteiger partial charge is 0.239 e. The number of methoxy groups -OCH3 is 1. The van der Waals surface area contributed by atoms with Gasteiger partial charge in [0, 0.05) is 39.3 Å². The molecular weight excluding hydrogens is 304 g/mol. The third-order valence-corrected chi connectivity index (χ3v) is 3.34. The molecule has 1 amide bonds. The molecule has 0 aliphatic rings. The fourth-order valence-corrected chi connectivity index (χ4v) is 2.05. The standard InChI is InChI=1S/C15H23ClN4O2/c1-17-15(19-10-14(21)18-8-9-22-3)20(2)11-12-6-4-5-7-13(12)16/h4-7H,8-11H2,1-3H3,(H,17,19)(H,18,21). The van der Waals surface area contributed by atoms with Crippen LogP contribution >= 0.6 is 11.6 Å². The average molecular weight is 327 g/mol. The molecule has 0 radical (unpaired) electrons. The van der Waals surface area contributed by atoms with Gasteiger partial charge >= 0.3 is 0 Å². The topological polar surface area (TPSA) is 66.0 Å². The number of nitrogens with zero attached hydrogens (tertiary/aromatic N) is 2. The third kappa shape index (κ3) is 6.32. The molecular formula is C15H23ClN4O2. The van der Waals surface area contributed by atoms with Gasteiger partial charge in [-0.05, 0) is 11.6 Å². The van der Waals surface area contributed by atoms with Crippen molar-refractivity contribution in [2.24, 2.45) is 4.99 Å². The molecule has 0 unspecified atom stereocenters. The number of rotatable bonds is 7. The number of carbonyl (C=O) groups excluding carboxylic acids is 1. The summed E-state index contributed by atoms with van der Waals surface area (Å²) in [5.41, 5.74) is 0.999. The number of guanidine groups is 1. The van der Waals surface area contributed by atoms with Gasteiger partial charge < -0.3 is 20.3 Å². The van der Waals surface area contributed by atoms with Gasteiger partial charge in [-0.25, -0.2) is 0 Å². The normalized spacial score (nSPS) is 11.2. The third-order valence-electron chi connectivity index (χ3n) is 2.97. The number of hydrogen-bond acceptors (Lipinski definition) is 3. The predicted octanol–water partition coefficient (Wildman–Crippen LogP) is 1.11. The molecule has 0 saturated carbocycles. The minimum Gasteiger partial charge on any atom is -0.383 e. The van der Waals surface area contributed by atoms with Crippen molar-refractivity contribution in [2.75, 3.05) is 40.9 Å². The molecule has 0 heterocycles. The fourth-order valence-electron chi connectivity index (χ4n) is 1.86. The Morgan fingerprint density at radius 3 is 2.73 bits per heavy atom. The van der Waals surface area contributed by atoms with E-state index >= 15 is 0 Å². The zero-order chi connectivity index (χ0) is 16.4. The van der Waals surface area contributed by atoms with E-state index in [4.69, 9.17) is 16.3 Å². The van der Waals surface area contributed by atoms with E-state index < -0.39 is 0 Å². The second-order valence-electron chi connectivity index (χ2n) is 4.69. The summed E-state index contributed by atoms with van der Waals surface area (Å²) in [7, 11) is 5.16. The monoisotopic (exact) mass is 326 g/mol. The maximum absolute atomic E-state index is 11.6. The van der Waals surface area contributed by atoms with Crippen LogP contribution in [0.5, 0.6) is 0 Å². The van der Waals surface area contributed by atoms with Gasteiger partial charge in [0.15, 0.2) is 5.96 Å². The van der Waals surface area contributed by atoms with Crippen LogP contribution in [-0.4, -0.2) is 57.7 Å². The van der Waals surface area contributed by atoms with E-state index in [0.717, 1.165) is 5.56 Å². The molecule has 7 heteroatoms.